The Bertz CT molecular complexity index is 724. The first kappa shape index (κ1) is 23.9. The molecule has 1 aromatic carbocycles. The van der Waals surface area contributed by atoms with Crippen LogP contribution in [0.15, 0.2) is 51.2 Å². The molecule has 2 N–H and O–H groups in total. The van der Waals surface area contributed by atoms with E-state index in [-0.39, 0.29) is 29.9 Å². The SMILES string of the molecule is CN=C(NCCC(=O)N(C)Cc1ccccc1Br)NCCc1cccs1.I. The maximum atomic E-state index is 12.3. The first-order chi connectivity index (χ1) is 12.6. The average molecular weight is 565 g/mol. The predicted octanol–water partition coefficient (Wildman–Crippen LogP) is 3.88. The molecule has 1 aromatic heterocycles. The normalized spacial score (nSPS) is 10.9. The smallest absolute Gasteiger partial charge is 0.224 e. The second-order valence-corrected chi connectivity index (χ2v) is 7.73. The van der Waals surface area contributed by atoms with Crippen LogP contribution in [0.25, 0.3) is 0 Å². The Balaban J connectivity index is 0.00000364. The van der Waals surface area contributed by atoms with Crippen molar-refractivity contribution in [1.29, 1.82) is 0 Å². The van der Waals surface area contributed by atoms with Crippen molar-refractivity contribution in [1.82, 2.24) is 15.5 Å². The minimum atomic E-state index is 0. The molecule has 0 aliphatic rings. The van der Waals surface area contributed by atoms with Crippen molar-refractivity contribution in [2.24, 2.45) is 4.99 Å². The molecule has 0 atom stereocenters. The molecule has 1 heterocycles. The number of benzene rings is 1. The Labute approximate surface area is 190 Å². The molecule has 0 saturated heterocycles. The molecule has 0 unspecified atom stereocenters. The zero-order valence-electron chi connectivity index (χ0n) is 15.6. The second-order valence-electron chi connectivity index (χ2n) is 5.85. The van der Waals surface area contributed by atoms with E-state index in [0.717, 1.165) is 29.0 Å². The number of rotatable bonds is 8. The lowest BCUT2D eigenvalue weighted by molar-refractivity contribution is -0.130. The van der Waals surface area contributed by atoms with E-state index in [1.54, 1.807) is 23.3 Å². The van der Waals surface area contributed by atoms with Crippen molar-refractivity contribution in [2.75, 3.05) is 27.2 Å². The minimum Gasteiger partial charge on any atom is -0.356 e. The highest BCUT2D eigenvalue weighted by atomic mass is 127. The fraction of sp³-hybridized carbons (Fsp3) is 0.368. The number of carbonyl (C=O) groups excluding carboxylic acids is 1. The van der Waals surface area contributed by atoms with Gasteiger partial charge in [0, 0.05) is 49.5 Å². The molecule has 0 radical (unpaired) electrons. The number of amides is 1. The fourth-order valence-corrected chi connectivity index (χ4v) is 3.55. The molecule has 0 spiro atoms. The fourth-order valence-electron chi connectivity index (χ4n) is 2.43. The molecule has 148 valence electrons. The number of nitrogens with zero attached hydrogens (tertiary/aromatic N) is 2. The average Bonchev–Trinajstić information content (AvgIpc) is 3.15. The Kier molecular flexibility index (Phi) is 11.6. The van der Waals surface area contributed by atoms with Gasteiger partial charge in [0.15, 0.2) is 5.96 Å². The van der Waals surface area contributed by atoms with E-state index in [0.29, 0.717) is 19.5 Å². The number of carbonyl (C=O) groups is 1. The van der Waals surface area contributed by atoms with E-state index in [1.165, 1.54) is 4.88 Å². The molecule has 8 heteroatoms. The van der Waals surface area contributed by atoms with Crippen LogP contribution < -0.4 is 10.6 Å². The van der Waals surface area contributed by atoms with Gasteiger partial charge in [0.25, 0.3) is 0 Å². The van der Waals surface area contributed by atoms with Crippen molar-refractivity contribution in [2.45, 2.75) is 19.4 Å². The van der Waals surface area contributed by atoms with Crippen molar-refractivity contribution in [3.8, 4) is 0 Å². The maximum Gasteiger partial charge on any atom is 0.224 e. The van der Waals surface area contributed by atoms with Crippen molar-refractivity contribution >= 4 is 63.1 Å². The summed E-state index contributed by atoms with van der Waals surface area (Å²) >= 11 is 5.27. The number of aliphatic imine (C=N–C) groups is 1. The molecule has 2 aromatic rings. The Morgan fingerprint density at radius 3 is 2.59 bits per heavy atom. The minimum absolute atomic E-state index is 0. The zero-order chi connectivity index (χ0) is 18.8. The van der Waals surface area contributed by atoms with Crippen LogP contribution in [-0.2, 0) is 17.8 Å². The molecule has 1 amide bonds. The summed E-state index contributed by atoms with van der Waals surface area (Å²) in [5, 5.41) is 8.55. The van der Waals surface area contributed by atoms with Gasteiger partial charge in [-0.3, -0.25) is 9.79 Å². The van der Waals surface area contributed by atoms with E-state index in [1.807, 2.05) is 31.3 Å². The third kappa shape index (κ3) is 8.61. The summed E-state index contributed by atoms with van der Waals surface area (Å²) in [6.45, 7) is 1.96. The van der Waals surface area contributed by atoms with Gasteiger partial charge >= 0.3 is 0 Å². The van der Waals surface area contributed by atoms with Crippen LogP contribution in [0.4, 0.5) is 0 Å². The summed E-state index contributed by atoms with van der Waals surface area (Å²) in [4.78, 5) is 19.6. The van der Waals surface area contributed by atoms with Gasteiger partial charge in [-0.15, -0.1) is 35.3 Å². The van der Waals surface area contributed by atoms with Crippen LogP contribution in [0.2, 0.25) is 0 Å². The lowest BCUT2D eigenvalue weighted by Crippen LogP contribution is -2.40. The molecular weight excluding hydrogens is 539 g/mol. The van der Waals surface area contributed by atoms with E-state index < -0.39 is 0 Å². The molecule has 2 rings (SSSR count). The van der Waals surface area contributed by atoms with Gasteiger partial charge in [-0.2, -0.15) is 0 Å². The summed E-state index contributed by atoms with van der Waals surface area (Å²) in [5.41, 5.74) is 1.10. The van der Waals surface area contributed by atoms with Crippen LogP contribution in [-0.4, -0.2) is 44.0 Å². The van der Waals surface area contributed by atoms with E-state index in [2.05, 4.69) is 49.1 Å². The van der Waals surface area contributed by atoms with Gasteiger partial charge in [-0.1, -0.05) is 40.2 Å². The standard InChI is InChI=1S/C19H25BrN4OS.HI/c1-21-19(22-11-9-16-7-5-13-26-16)23-12-10-18(25)24(2)14-15-6-3-4-8-17(15)20;/h3-8,13H,9-12,14H2,1-2H3,(H2,21,22,23);1H. The third-order valence-electron chi connectivity index (χ3n) is 3.89. The molecular formula is C19H26BrIN4OS. The number of hydrogen-bond acceptors (Lipinski definition) is 3. The quantitative estimate of drug-likeness (QED) is 0.291. The first-order valence-electron chi connectivity index (χ1n) is 8.54. The summed E-state index contributed by atoms with van der Waals surface area (Å²) in [7, 11) is 3.57. The molecule has 0 bridgehead atoms. The third-order valence-corrected chi connectivity index (χ3v) is 5.60. The highest BCUT2D eigenvalue weighted by molar-refractivity contribution is 14.0. The van der Waals surface area contributed by atoms with E-state index >= 15 is 0 Å². The van der Waals surface area contributed by atoms with E-state index in [9.17, 15) is 4.79 Å². The molecule has 5 nitrogen and oxygen atoms in total. The number of thiophene rings is 1. The summed E-state index contributed by atoms with van der Waals surface area (Å²) in [5.74, 6) is 0.824. The molecule has 0 aliphatic heterocycles. The van der Waals surface area contributed by atoms with Gasteiger partial charge < -0.3 is 15.5 Å². The van der Waals surface area contributed by atoms with Crippen LogP contribution in [0, 0.1) is 0 Å². The van der Waals surface area contributed by atoms with Crippen molar-refractivity contribution in [3.05, 3.63) is 56.7 Å². The van der Waals surface area contributed by atoms with Crippen LogP contribution in [0.3, 0.4) is 0 Å². The van der Waals surface area contributed by atoms with Gasteiger partial charge in [-0.05, 0) is 29.5 Å². The van der Waals surface area contributed by atoms with Gasteiger partial charge in [0.05, 0.1) is 0 Å². The number of guanidine groups is 1. The van der Waals surface area contributed by atoms with Crippen molar-refractivity contribution < 1.29 is 4.79 Å². The molecule has 0 fully saturated rings. The Morgan fingerprint density at radius 1 is 1.19 bits per heavy atom. The Hall–Kier alpha value is -1.13. The van der Waals surface area contributed by atoms with Crippen molar-refractivity contribution in [3.63, 3.8) is 0 Å². The molecule has 0 saturated carbocycles. The summed E-state index contributed by atoms with van der Waals surface area (Å²) in [6, 6.07) is 12.1. The highest BCUT2D eigenvalue weighted by Crippen LogP contribution is 2.17. The lowest BCUT2D eigenvalue weighted by Gasteiger charge is -2.19. The summed E-state index contributed by atoms with van der Waals surface area (Å²) in [6.07, 6.45) is 1.39. The first-order valence-corrected chi connectivity index (χ1v) is 10.2. The van der Waals surface area contributed by atoms with Crippen LogP contribution >= 0.6 is 51.2 Å². The monoisotopic (exact) mass is 564 g/mol. The highest BCUT2D eigenvalue weighted by Gasteiger charge is 2.11. The van der Waals surface area contributed by atoms with Gasteiger partial charge in [-0.25, -0.2) is 0 Å². The largest absolute Gasteiger partial charge is 0.356 e. The predicted molar refractivity (Wildman–Crippen MR) is 128 cm³/mol. The van der Waals surface area contributed by atoms with Gasteiger partial charge in [0.2, 0.25) is 5.91 Å². The van der Waals surface area contributed by atoms with Gasteiger partial charge in [0.1, 0.15) is 0 Å². The molecule has 27 heavy (non-hydrogen) atoms. The summed E-state index contributed by atoms with van der Waals surface area (Å²) < 4.78 is 1.02. The van der Waals surface area contributed by atoms with Crippen LogP contribution in [0.1, 0.15) is 16.9 Å². The number of halogens is 2. The second kappa shape index (κ2) is 13.1. The number of hydrogen-bond donors (Lipinski definition) is 2. The number of nitrogens with one attached hydrogen (secondary N) is 2. The maximum absolute atomic E-state index is 12.3. The van der Waals surface area contributed by atoms with Crippen LogP contribution in [0.5, 0.6) is 0 Å². The zero-order valence-corrected chi connectivity index (χ0v) is 20.3. The Morgan fingerprint density at radius 2 is 1.93 bits per heavy atom. The van der Waals surface area contributed by atoms with E-state index in [4.69, 9.17) is 0 Å². The lowest BCUT2D eigenvalue weighted by atomic mass is 10.2. The molecule has 0 aliphatic carbocycles. The topological polar surface area (TPSA) is 56.7 Å².